The van der Waals surface area contributed by atoms with Gasteiger partial charge in [0.05, 0.1) is 5.52 Å². The lowest BCUT2D eigenvalue weighted by atomic mass is 10.2. The molecule has 1 unspecified atom stereocenters. The molecule has 1 aromatic heterocycles. The number of aliphatic carboxylic acids is 1. The Bertz CT molecular complexity index is 587. The summed E-state index contributed by atoms with van der Waals surface area (Å²) in [6.45, 7) is 0. The van der Waals surface area contributed by atoms with Gasteiger partial charge < -0.3 is 9.84 Å². The lowest BCUT2D eigenvalue weighted by Gasteiger charge is -2.15. The lowest BCUT2D eigenvalue weighted by Crippen LogP contribution is -2.29. The smallest absolute Gasteiger partial charge is 0.345 e. The first-order valence-corrected chi connectivity index (χ1v) is 5.99. The van der Waals surface area contributed by atoms with Gasteiger partial charge in [0.15, 0.2) is 6.10 Å². The fourth-order valence-corrected chi connectivity index (χ4v) is 2.06. The number of nitrogens with zero attached hydrogens (tertiary/aromatic N) is 1. The molecule has 0 saturated heterocycles. The third-order valence-corrected chi connectivity index (χ3v) is 3.15. The summed E-state index contributed by atoms with van der Waals surface area (Å²) < 4.78 is 5.67. The van der Waals surface area contributed by atoms with Crippen molar-refractivity contribution in [3.63, 3.8) is 0 Å². The van der Waals surface area contributed by atoms with E-state index in [1.54, 1.807) is 12.3 Å². The molecule has 3 rings (SSSR count). The lowest BCUT2D eigenvalue weighted by molar-refractivity contribution is -0.146. The van der Waals surface area contributed by atoms with Gasteiger partial charge in [-0.25, -0.2) is 4.79 Å². The largest absolute Gasteiger partial charge is 0.478 e. The number of carboxylic acids is 1. The zero-order valence-corrected chi connectivity index (χ0v) is 9.74. The Morgan fingerprint density at radius 1 is 1.33 bits per heavy atom. The van der Waals surface area contributed by atoms with Crippen LogP contribution in [0.3, 0.4) is 0 Å². The van der Waals surface area contributed by atoms with Gasteiger partial charge in [-0.3, -0.25) is 4.98 Å². The monoisotopic (exact) mass is 243 g/mol. The topological polar surface area (TPSA) is 59.4 Å². The van der Waals surface area contributed by atoms with E-state index in [0.29, 0.717) is 5.75 Å². The highest BCUT2D eigenvalue weighted by Crippen LogP contribution is 2.36. The zero-order chi connectivity index (χ0) is 12.5. The Labute approximate surface area is 104 Å². The Hall–Kier alpha value is -2.10. The number of fused-ring (bicyclic) bond motifs is 1. The molecular weight excluding hydrogens is 230 g/mol. The number of pyridine rings is 1. The Kier molecular flexibility index (Phi) is 2.63. The van der Waals surface area contributed by atoms with Gasteiger partial charge in [-0.2, -0.15) is 0 Å². The number of benzene rings is 1. The van der Waals surface area contributed by atoms with Gasteiger partial charge in [0, 0.05) is 17.5 Å². The van der Waals surface area contributed by atoms with Gasteiger partial charge in [-0.15, -0.1) is 0 Å². The van der Waals surface area contributed by atoms with E-state index < -0.39 is 12.1 Å². The molecule has 92 valence electrons. The van der Waals surface area contributed by atoms with Gasteiger partial charge in [0.25, 0.3) is 0 Å². The summed E-state index contributed by atoms with van der Waals surface area (Å²) in [7, 11) is 0. The van der Waals surface area contributed by atoms with Crippen molar-refractivity contribution in [1.29, 1.82) is 0 Å². The van der Waals surface area contributed by atoms with Crippen LogP contribution in [0.5, 0.6) is 5.75 Å². The van der Waals surface area contributed by atoms with E-state index in [1.165, 1.54) is 0 Å². The highest BCUT2D eigenvalue weighted by Gasteiger charge is 2.38. The number of ether oxygens (including phenoxy) is 1. The molecule has 0 bridgehead atoms. The molecule has 1 saturated carbocycles. The van der Waals surface area contributed by atoms with Gasteiger partial charge in [-0.05, 0) is 37.1 Å². The number of hydrogen-bond acceptors (Lipinski definition) is 3. The average molecular weight is 243 g/mol. The fourth-order valence-electron chi connectivity index (χ4n) is 2.06. The second-order valence-corrected chi connectivity index (χ2v) is 4.54. The highest BCUT2D eigenvalue weighted by molar-refractivity contribution is 5.85. The van der Waals surface area contributed by atoms with Crippen molar-refractivity contribution < 1.29 is 14.6 Å². The first-order valence-electron chi connectivity index (χ1n) is 5.99. The maximum atomic E-state index is 11.2. The molecule has 1 atom stereocenters. The standard InChI is InChI=1S/C14H13NO3/c16-14(17)13(9-6-7-9)18-12-5-1-4-11-10(12)3-2-8-15-11/h1-5,8-9,13H,6-7H2,(H,16,17). The molecule has 2 aromatic rings. The third kappa shape index (κ3) is 2.01. The summed E-state index contributed by atoms with van der Waals surface area (Å²) in [5.41, 5.74) is 0.815. The number of hydrogen-bond donors (Lipinski definition) is 1. The number of aromatic nitrogens is 1. The molecule has 1 aliphatic rings. The van der Waals surface area contributed by atoms with Crippen LogP contribution in [0.15, 0.2) is 36.5 Å². The van der Waals surface area contributed by atoms with E-state index in [1.807, 2.05) is 24.3 Å². The molecule has 1 aliphatic carbocycles. The summed E-state index contributed by atoms with van der Waals surface area (Å²) in [6.07, 6.45) is 2.83. The molecule has 0 amide bonds. The summed E-state index contributed by atoms with van der Waals surface area (Å²) in [5, 5.41) is 10.0. The van der Waals surface area contributed by atoms with Crippen LogP contribution in [-0.4, -0.2) is 22.2 Å². The van der Waals surface area contributed by atoms with Gasteiger partial charge in [0.1, 0.15) is 5.75 Å². The summed E-state index contributed by atoms with van der Waals surface area (Å²) >= 11 is 0. The molecule has 18 heavy (non-hydrogen) atoms. The molecular formula is C14H13NO3. The predicted molar refractivity (Wildman–Crippen MR) is 66.5 cm³/mol. The van der Waals surface area contributed by atoms with E-state index in [-0.39, 0.29) is 5.92 Å². The molecule has 1 heterocycles. The molecule has 1 N–H and O–H groups in total. The van der Waals surface area contributed by atoms with Crippen LogP contribution in [0.4, 0.5) is 0 Å². The molecule has 0 aliphatic heterocycles. The van der Waals surface area contributed by atoms with Crippen molar-refractivity contribution in [3.05, 3.63) is 36.5 Å². The van der Waals surface area contributed by atoms with E-state index >= 15 is 0 Å². The van der Waals surface area contributed by atoms with E-state index in [2.05, 4.69) is 4.98 Å². The summed E-state index contributed by atoms with van der Waals surface area (Å²) in [4.78, 5) is 15.4. The van der Waals surface area contributed by atoms with Crippen LogP contribution in [-0.2, 0) is 4.79 Å². The van der Waals surface area contributed by atoms with Crippen molar-refractivity contribution in [2.24, 2.45) is 5.92 Å². The van der Waals surface area contributed by atoms with Gasteiger partial charge in [0.2, 0.25) is 0 Å². The minimum Gasteiger partial charge on any atom is -0.478 e. The normalized spacial score (nSPS) is 16.4. The molecule has 1 aromatic carbocycles. The summed E-state index contributed by atoms with van der Waals surface area (Å²) in [6, 6.07) is 9.22. The first-order chi connectivity index (χ1) is 8.75. The van der Waals surface area contributed by atoms with Crippen LogP contribution in [0, 0.1) is 5.92 Å². The quantitative estimate of drug-likeness (QED) is 0.896. The zero-order valence-electron chi connectivity index (χ0n) is 9.74. The minimum atomic E-state index is -0.890. The SMILES string of the molecule is O=C(O)C(Oc1cccc2ncccc12)C1CC1. The second-order valence-electron chi connectivity index (χ2n) is 4.54. The number of rotatable bonds is 4. The van der Waals surface area contributed by atoms with E-state index in [4.69, 9.17) is 4.74 Å². The van der Waals surface area contributed by atoms with Crippen molar-refractivity contribution in [1.82, 2.24) is 4.98 Å². The molecule has 0 spiro atoms. The van der Waals surface area contributed by atoms with Crippen LogP contribution < -0.4 is 4.74 Å². The van der Waals surface area contributed by atoms with Crippen molar-refractivity contribution in [2.45, 2.75) is 18.9 Å². The van der Waals surface area contributed by atoms with Gasteiger partial charge in [-0.1, -0.05) is 6.07 Å². The number of carbonyl (C=O) groups is 1. The molecule has 4 heteroatoms. The van der Waals surface area contributed by atoms with Crippen molar-refractivity contribution in [3.8, 4) is 5.75 Å². The Balaban J connectivity index is 1.96. The van der Waals surface area contributed by atoms with Crippen molar-refractivity contribution >= 4 is 16.9 Å². The predicted octanol–water partition coefficient (Wildman–Crippen LogP) is 2.48. The van der Waals surface area contributed by atoms with E-state index in [9.17, 15) is 9.90 Å². The van der Waals surface area contributed by atoms with Crippen LogP contribution in [0.25, 0.3) is 10.9 Å². The Morgan fingerprint density at radius 3 is 2.89 bits per heavy atom. The second kappa shape index (κ2) is 4.29. The molecule has 4 nitrogen and oxygen atoms in total. The molecule has 1 fully saturated rings. The number of carboxylic acid groups (broad SMARTS) is 1. The highest BCUT2D eigenvalue weighted by atomic mass is 16.5. The van der Waals surface area contributed by atoms with Crippen LogP contribution in [0.1, 0.15) is 12.8 Å². The molecule has 0 radical (unpaired) electrons. The van der Waals surface area contributed by atoms with E-state index in [0.717, 1.165) is 23.7 Å². The summed E-state index contributed by atoms with van der Waals surface area (Å²) in [5.74, 6) is -0.146. The maximum absolute atomic E-state index is 11.2. The maximum Gasteiger partial charge on any atom is 0.345 e. The Morgan fingerprint density at radius 2 is 2.17 bits per heavy atom. The van der Waals surface area contributed by atoms with Crippen LogP contribution >= 0.6 is 0 Å². The minimum absolute atomic E-state index is 0.148. The van der Waals surface area contributed by atoms with Gasteiger partial charge >= 0.3 is 5.97 Å². The first kappa shape index (κ1) is 11.0. The average Bonchev–Trinajstić information content (AvgIpc) is 3.20. The van der Waals surface area contributed by atoms with Crippen LogP contribution in [0.2, 0.25) is 0 Å². The fraction of sp³-hybridized carbons (Fsp3) is 0.286. The van der Waals surface area contributed by atoms with Crippen molar-refractivity contribution in [2.75, 3.05) is 0 Å². The third-order valence-electron chi connectivity index (χ3n) is 3.15.